The lowest BCUT2D eigenvalue weighted by Gasteiger charge is -1.96. The minimum absolute atomic E-state index is 0. The zero-order chi connectivity index (χ0) is 55.8. The van der Waals surface area contributed by atoms with Crippen molar-refractivity contribution in [2.75, 3.05) is 0 Å². The van der Waals surface area contributed by atoms with Gasteiger partial charge in [-0.3, -0.25) is 35.4 Å². The summed E-state index contributed by atoms with van der Waals surface area (Å²) >= 11 is 0. The standard InChI is InChI=1S/C9H9N.2C8H8N2.3C7H7N3.2C6H6N4.CH4/c1-7-2-3-8-5-10-6-9(8)4-7;1-7-2-3-8-4-9-6-10(8)5-7;1-6-2-3-8-7(4-6)5-9-10-8;1-5-2-6-3-9-10-7(6)4-8-5;1-5-2-6-4-9-10-7(6)8-3-5;1-5-2-3-6-7(9-5)4-8-10-6;1-4-2-5-6(3-7-4)9-10-8-5;1-5-2-3-6-7-8-9-10(6)4-5;/h2-5H,6H2,1H3;2-6H,1H3;2-5H,1H3,(H,9,10);2-4H,1H3,(H,9,10);2-4H,1H3,(H,8,9,10);2-4H,1H3,(H,8,10);2-3H,1H3,(H,8,9,10);2-4H,1H3;1H4. The van der Waals surface area contributed by atoms with Gasteiger partial charge in [-0.05, 0) is 148 Å². The second kappa shape index (κ2) is 27.0. The molecule has 0 saturated carbocycles. The Hall–Kier alpha value is -10.8. The zero-order valence-electron chi connectivity index (χ0n) is 45.4. The van der Waals surface area contributed by atoms with Crippen molar-refractivity contribution in [3.63, 3.8) is 0 Å². The molecule has 0 atom stereocenters. The number of aromatic amines is 5. The van der Waals surface area contributed by atoms with Crippen LogP contribution >= 0.6 is 0 Å². The van der Waals surface area contributed by atoms with Crippen LogP contribution in [0.15, 0.2) is 164 Å². The van der Waals surface area contributed by atoms with Gasteiger partial charge >= 0.3 is 0 Å². The summed E-state index contributed by atoms with van der Waals surface area (Å²) in [6, 6.07) is 30.5. The van der Waals surface area contributed by atoms with Crippen molar-refractivity contribution in [3.05, 3.63) is 215 Å². The highest BCUT2D eigenvalue weighted by molar-refractivity contribution is 5.84. The predicted molar refractivity (Wildman–Crippen MR) is 318 cm³/mol. The van der Waals surface area contributed by atoms with Crippen LogP contribution in [-0.4, -0.2) is 112 Å². The van der Waals surface area contributed by atoms with Crippen molar-refractivity contribution in [1.82, 2.24) is 106 Å². The van der Waals surface area contributed by atoms with Crippen LogP contribution in [0.1, 0.15) is 63.5 Å². The largest absolute Gasteiger partial charge is 0.306 e. The molecule has 15 aromatic rings. The highest BCUT2D eigenvalue weighted by Crippen LogP contribution is 2.16. The number of fused-ring (bicyclic) bond motifs is 8. The van der Waals surface area contributed by atoms with E-state index in [1.807, 2.05) is 125 Å². The summed E-state index contributed by atoms with van der Waals surface area (Å²) < 4.78 is 3.66. The maximum absolute atomic E-state index is 4.24. The van der Waals surface area contributed by atoms with Crippen molar-refractivity contribution in [3.8, 4) is 0 Å². The van der Waals surface area contributed by atoms with Gasteiger partial charge in [-0.25, -0.2) is 19.5 Å². The summed E-state index contributed by atoms with van der Waals surface area (Å²) in [5, 5.41) is 51.5. The summed E-state index contributed by atoms with van der Waals surface area (Å²) in [6.07, 6.45) is 22.0. The molecule has 14 heterocycles. The number of H-pyrrole nitrogens is 5. The van der Waals surface area contributed by atoms with Gasteiger partial charge in [0.15, 0.2) is 11.3 Å². The van der Waals surface area contributed by atoms with E-state index in [4.69, 9.17) is 0 Å². The molecule has 16 rings (SSSR count). The molecular formula is C59H62N22. The van der Waals surface area contributed by atoms with Gasteiger partial charge in [-0.1, -0.05) is 55.0 Å². The molecule has 0 amide bonds. The van der Waals surface area contributed by atoms with Crippen LogP contribution in [0.25, 0.3) is 66.1 Å². The molecule has 22 heteroatoms. The number of rotatable bonds is 0. The van der Waals surface area contributed by atoms with Gasteiger partial charge in [-0.2, -0.15) is 35.8 Å². The number of tetrazole rings is 1. The molecule has 1 aliphatic rings. The number of pyridine rings is 6. The molecule has 2 aromatic carbocycles. The zero-order valence-corrected chi connectivity index (χ0v) is 45.4. The van der Waals surface area contributed by atoms with E-state index in [0.29, 0.717) is 0 Å². The van der Waals surface area contributed by atoms with Gasteiger partial charge < -0.3 is 4.40 Å². The summed E-state index contributed by atoms with van der Waals surface area (Å²) in [6.45, 7) is 17.0. The van der Waals surface area contributed by atoms with E-state index >= 15 is 0 Å². The molecular weight excluding hydrogens is 1020 g/mol. The fraction of sp³-hybridized carbons (Fsp3) is 0.169. The fourth-order valence-corrected chi connectivity index (χ4v) is 7.86. The molecule has 0 saturated heterocycles. The van der Waals surface area contributed by atoms with Crippen molar-refractivity contribution in [2.24, 2.45) is 4.99 Å². The van der Waals surface area contributed by atoms with Gasteiger partial charge in [0.05, 0.1) is 78.3 Å². The lowest BCUT2D eigenvalue weighted by atomic mass is 10.1. The van der Waals surface area contributed by atoms with E-state index in [1.165, 1.54) is 33.2 Å². The monoisotopic (exact) mass is 1080 g/mol. The number of hydrogen-bond acceptors (Lipinski definition) is 15. The molecule has 22 nitrogen and oxygen atoms in total. The fourth-order valence-electron chi connectivity index (χ4n) is 7.86. The molecule has 0 radical (unpaired) electrons. The quantitative estimate of drug-likeness (QED) is 0.0944. The number of imidazole rings is 1. The molecule has 0 unspecified atom stereocenters. The highest BCUT2D eigenvalue weighted by Gasteiger charge is 2.04. The molecule has 1 aliphatic heterocycles. The Morgan fingerprint density at radius 2 is 1.15 bits per heavy atom. The Morgan fingerprint density at radius 3 is 2.01 bits per heavy atom. The number of nitrogens with one attached hydrogen (secondary N) is 5. The number of aromatic nitrogens is 21. The van der Waals surface area contributed by atoms with Crippen molar-refractivity contribution in [1.29, 1.82) is 0 Å². The second-order valence-electron chi connectivity index (χ2n) is 18.7. The minimum atomic E-state index is 0. The molecule has 0 aliphatic carbocycles. The van der Waals surface area contributed by atoms with Crippen molar-refractivity contribution < 1.29 is 0 Å². The van der Waals surface area contributed by atoms with E-state index in [0.717, 1.165) is 95.4 Å². The summed E-state index contributed by atoms with van der Waals surface area (Å²) in [4.78, 5) is 24.7. The first-order valence-electron chi connectivity index (χ1n) is 25.3. The Balaban J connectivity index is 0.000000121. The first-order chi connectivity index (χ1) is 38.9. The molecule has 0 spiro atoms. The Morgan fingerprint density at radius 1 is 0.481 bits per heavy atom. The van der Waals surface area contributed by atoms with Gasteiger partial charge in [0.2, 0.25) is 0 Å². The Labute approximate surface area is 465 Å². The molecule has 5 N–H and O–H groups in total. The molecule has 0 bridgehead atoms. The summed E-state index contributed by atoms with van der Waals surface area (Å²) in [5.41, 5.74) is 20.3. The lowest BCUT2D eigenvalue weighted by Crippen LogP contribution is -1.86. The number of aryl methyl sites for hydroxylation is 8. The van der Waals surface area contributed by atoms with Crippen molar-refractivity contribution in [2.45, 2.75) is 69.4 Å². The van der Waals surface area contributed by atoms with Crippen LogP contribution in [0, 0.1) is 55.4 Å². The van der Waals surface area contributed by atoms with E-state index in [9.17, 15) is 0 Å². The number of aliphatic imine (C=N–C) groups is 1. The first kappa shape index (κ1) is 56.4. The van der Waals surface area contributed by atoms with Crippen LogP contribution in [-0.2, 0) is 6.54 Å². The van der Waals surface area contributed by atoms with E-state index in [1.54, 1.807) is 35.5 Å². The van der Waals surface area contributed by atoms with E-state index in [2.05, 4.69) is 171 Å². The topological polar surface area (TPSA) is 281 Å². The first-order valence-corrected chi connectivity index (χ1v) is 25.3. The maximum atomic E-state index is 4.24. The predicted octanol–water partition coefficient (Wildman–Crippen LogP) is 11.0. The van der Waals surface area contributed by atoms with Gasteiger partial charge in [0, 0.05) is 58.0 Å². The third kappa shape index (κ3) is 15.7. The molecule has 13 aromatic heterocycles. The number of benzene rings is 2. The molecule has 81 heavy (non-hydrogen) atoms. The SMILES string of the molecule is C.Cc1cc2cn[nH]c2cn1.Cc1cc2n[nH]nc2cn1.Cc1ccc2[nH]ncc2c1.Cc1ccc2[nH]ncc2n1.Cc1ccc2c(c1)CN=C2.Cc1ccc2cncn2c1.Cc1ccc2nnnn2c1.Cc1cnc2[nH]ncc2c1. The Bertz CT molecular complexity index is 3730. The minimum Gasteiger partial charge on any atom is -0.306 e. The van der Waals surface area contributed by atoms with Crippen LogP contribution in [0.4, 0.5) is 0 Å². The van der Waals surface area contributed by atoms with Crippen LogP contribution in [0.2, 0.25) is 0 Å². The van der Waals surface area contributed by atoms with E-state index < -0.39 is 0 Å². The molecule has 0 fully saturated rings. The average molecular weight is 1080 g/mol. The van der Waals surface area contributed by atoms with Crippen LogP contribution in [0.3, 0.4) is 0 Å². The average Bonchev–Trinajstić information content (AvgIpc) is 4.31. The Kier molecular flexibility index (Phi) is 18.8. The maximum Gasteiger partial charge on any atom is 0.179 e. The highest BCUT2D eigenvalue weighted by atomic mass is 15.5. The van der Waals surface area contributed by atoms with Crippen LogP contribution < -0.4 is 0 Å². The number of hydrogen-bond donors (Lipinski definition) is 5. The third-order valence-corrected chi connectivity index (χ3v) is 11.9. The third-order valence-electron chi connectivity index (χ3n) is 11.9. The number of nitrogens with zero attached hydrogens (tertiary/aromatic N) is 17. The van der Waals surface area contributed by atoms with Gasteiger partial charge in [-0.15, -0.1) is 5.10 Å². The normalized spacial score (nSPS) is 10.8. The van der Waals surface area contributed by atoms with Gasteiger partial charge in [0.1, 0.15) is 16.6 Å². The summed E-state index contributed by atoms with van der Waals surface area (Å²) in [5.74, 6) is 0. The smallest absolute Gasteiger partial charge is 0.179 e. The van der Waals surface area contributed by atoms with Crippen LogP contribution in [0.5, 0.6) is 0 Å². The lowest BCUT2D eigenvalue weighted by molar-refractivity contribution is 0.820. The van der Waals surface area contributed by atoms with Gasteiger partial charge in [0.25, 0.3) is 0 Å². The summed E-state index contributed by atoms with van der Waals surface area (Å²) in [7, 11) is 0. The second-order valence-corrected chi connectivity index (χ2v) is 18.7. The molecule has 408 valence electrons. The van der Waals surface area contributed by atoms with E-state index in [-0.39, 0.29) is 7.43 Å². The van der Waals surface area contributed by atoms with Crippen molar-refractivity contribution >= 4 is 72.3 Å².